The maximum absolute atomic E-state index is 13.3. The molecule has 0 radical (unpaired) electrons. The molecule has 1 N–H and O–H groups in total. The minimum atomic E-state index is -3.73. The third-order valence-electron chi connectivity index (χ3n) is 4.62. The van der Waals surface area contributed by atoms with Gasteiger partial charge in [0.1, 0.15) is 5.82 Å². The first kappa shape index (κ1) is 21.1. The van der Waals surface area contributed by atoms with Gasteiger partial charge in [0.25, 0.3) is 0 Å². The van der Waals surface area contributed by atoms with Gasteiger partial charge >= 0.3 is 0 Å². The summed E-state index contributed by atoms with van der Waals surface area (Å²) in [7, 11) is -3.73. The lowest BCUT2D eigenvalue weighted by atomic mass is 10.1. The Morgan fingerprint density at radius 3 is 2.38 bits per heavy atom. The lowest BCUT2D eigenvalue weighted by Crippen LogP contribution is -2.51. The monoisotopic (exact) mass is 405 g/mol. The van der Waals surface area contributed by atoms with Crippen molar-refractivity contribution in [1.29, 1.82) is 0 Å². The van der Waals surface area contributed by atoms with Crippen molar-refractivity contribution in [2.24, 2.45) is 5.92 Å². The first-order valence-corrected chi connectivity index (χ1v) is 10.4. The average molecular weight is 406 g/mol. The lowest BCUT2D eigenvalue weighted by Gasteiger charge is -2.33. The summed E-state index contributed by atoms with van der Waals surface area (Å²) in [4.78, 5) is 14.0. The van der Waals surface area contributed by atoms with Crippen molar-refractivity contribution in [3.05, 3.63) is 29.0 Å². The minimum absolute atomic E-state index is 0.0270. The average Bonchev–Trinajstić information content (AvgIpc) is 2.57. The molecule has 146 valence electrons. The van der Waals surface area contributed by atoms with Crippen LogP contribution in [0.2, 0.25) is 5.02 Å². The van der Waals surface area contributed by atoms with Crippen molar-refractivity contribution < 1.29 is 17.6 Å². The van der Waals surface area contributed by atoms with Crippen LogP contribution in [0.15, 0.2) is 23.1 Å². The van der Waals surface area contributed by atoms with E-state index in [1.54, 1.807) is 0 Å². The molecule has 1 heterocycles. The van der Waals surface area contributed by atoms with Gasteiger partial charge in [-0.15, -0.1) is 0 Å². The highest BCUT2D eigenvalue weighted by molar-refractivity contribution is 7.89. The molecule has 26 heavy (non-hydrogen) atoms. The molecular formula is C17H25ClFN3O3S. The van der Waals surface area contributed by atoms with Crippen LogP contribution in [0.4, 0.5) is 4.39 Å². The molecule has 6 nitrogen and oxygen atoms in total. The zero-order valence-corrected chi connectivity index (χ0v) is 16.8. The van der Waals surface area contributed by atoms with Gasteiger partial charge in [-0.2, -0.15) is 4.31 Å². The number of nitrogens with zero attached hydrogens (tertiary/aromatic N) is 2. The number of piperazine rings is 1. The predicted octanol–water partition coefficient (Wildman–Crippen LogP) is 1.95. The number of nitrogens with one attached hydrogen (secondary N) is 1. The second kappa shape index (κ2) is 8.65. The molecule has 2 rings (SSSR count). The smallest absolute Gasteiger partial charge is 0.243 e. The van der Waals surface area contributed by atoms with E-state index in [9.17, 15) is 17.6 Å². The van der Waals surface area contributed by atoms with E-state index in [2.05, 4.69) is 5.32 Å². The van der Waals surface area contributed by atoms with Gasteiger partial charge in [0, 0.05) is 32.2 Å². The quantitative estimate of drug-likeness (QED) is 0.785. The normalized spacial score (nSPS) is 18.1. The van der Waals surface area contributed by atoms with Crippen LogP contribution in [-0.2, 0) is 14.8 Å². The molecule has 1 saturated heterocycles. The zero-order valence-electron chi connectivity index (χ0n) is 15.2. The maximum atomic E-state index is 13.3. The molecular weight excluding hydrogens is 381 g/mol. The van der Waals surface area contributed by atoms with E-state index in [-0.39, 0.29) is 41.5 Å². The molecule has 0 aromatic heterocycles. The summed E-state index contributed by atoms with van der Waals surface area (Å²) < 4.78 is 39.9. The van der Waals surface area contributed by atoms with Crippen LogP contribution in [0.1, 0.15) is 20.8 Å². The number of rotatable bonds is 6. The number of halogens is 2. The topological polar surface area (TPSA) is 69.7 Å². The summed E-state index contributed by atoms with van der Waals surface area (Å²) in [5.41, 5.74) is 0. The third-order valence-corrected chi connectivity index (χ3v) is 6.80. The number of hydrogen-bond acceptors (Lipinski definition) is 4. The summed E-state index contributed by atoms with van der Waals surface area (Å²) in [5.74, 6) is -0.367. The van der Waals surface area contributed by atoms with Gasteiger partial charge in [0.15, 0.2) is 0 Å². The third kappa shape index (κ3) is 5.16. The molecule has 0 unspecified atom stereocenters. The van der Waals surface area contributed by atoms with Gasteiger partial charge in [-0.1, -0.05) is 25.4 Å². The van der Waals surface area contributed by atoms with Gasteiger partial charge in [0.2, 0.25) is 15.9 Å². The molecule has 1 aliphatic heterocycles. The van der Waals surface area contributed by atoms with E-state index in [4.69, 9.17) is 11.6 Å². The fourth-order valence-corrected chi connectivity index (χ4v) is 4.28. The van der Waals surface area contributed by atoms with Crippen LogP contribution in [0.5, 0.6) is 0 Å². The Kier molecular flexibility index (Phi) is 7.01. The van der Waals surface area contributed by atoms with E-state index in [1.165, 1.54) is 10.4 Å². The Morgan fingerprint density at radius 2 is 1.85 bits per heavy atom. The van der Waals surface area contributed by atoms with E-state index in [0.717, 1.165) is 12.1 Å². The molecule has 9 heteroatoms. The van der Waals surface area contributed by atoms with Gasteiger partial charge in [-0.05, 0) is 31.0 Å². The molecule has 0 spiro atoms. The Labute approximate surface area is 159 Å². The molecule has 1 fully saturated rings. The highest BCUT2D eigenvalue weighted by Crippen LogP contribution is 2.23. The highest BCUT2D eigenvalue weighted by Gasteiger charge is 2.29. The Morgan fingerprint density at radius 1 is 1.23 bits per heavy atom. The van der Waals surface area contributed by atoms with Crippen molar-refractivity contribution in [3.8, 4) is 0 Å². The minimum Gasteiger partial charge on any atom is -0.352 e. The van der Waals surface area contributed by atoms with E-state index >= 15 is 0 Å². The summed E-state index contributed by atoms with van der Waals surface area (Å²) >= 11 is 5.69. The van der Waals surface area contributed by atoms with E-state index in [0.29, 0.717) is 19.0 Å². The molecule has 1 aromatic carbocycles. The molecule has 1 atom stereocenters. The first-order chi connectivity index (χ1) is 12.1. The Hall–Kier alpha value is -1.22. The molecule has 0 saturated carbocycles. The van der Waals surface area contributed by atoms with E-state index < -0.39 is 15.8 Å². The van der Waals surface area contributed by atoms with Crippen molar-refractivity contribution in [3.63, 3.8) is 0 Å². The SMILES string of the molecule is CC(C)[C@@H](C)NC(=O)CN1CCN(S(=O)(=O)c2ccc(F)c(Cl)c2)CC1. The van der Waals surface area contributed by atoms with Crippen LogP contribution in [0.25, 0.3) is 0 Å². The van der Waals surface area contributed by atoms with Gasteiger partial charge in [-0.3, -0.25) is 9.69 Å². The fourth-order valence-electron chi connectivity index (χ4n) is 2.58. The van der Waals surface area contributed by atoms with Gasteiger partial charge in [0.05, 0.1) is 16.5 Å². The summed E-state index contributed by atoms with van der Waals surface area (Å²) in [6, 6.07) is 3.47. The second-order valence-electron chi connectivity index (χ2n) is 6.86. The number of sulfonamides is 1. The van der Waals surface area contributed by atoms with Crippen molar-refractivity contribution >= 4 is 27.5 Å². The highest BCUT2D eigenvalue weighted by atomic mass is 35.5. The number of hydrogen-bond donors (Lipinski definition) is 1. The van der Waals surface area contributed by atoms with Crippen LogP contribution >= 0.6 is 11.6 Å². The predicted molar refractivity (Wildman–Crippen MR) is 99.1 cm³/mol. The van der Waals surface area contributed by atoms with Crippen molar-refractivity contribution in [1.82, 2.24) is 14.5 Å². The number of carbonyl (C=O) groups excluding carboxylic acids is 1. The standard InChI is InChI=1S/C17H25ClFN3O3S/c1-12(2)13(3)20-17(23)11-21-6-8-22(9-7-21)26(24,25)14-4-5-16(19)15(18)10-14/h4-5,10,12-13H,6-9,11H2,1-3H3,(H,20,23)/t13-/m1/s1. The first-order valence-electron chi connectivity index (χ1n) is 8.58. The number of amides is 1. The molecule has 1 aliphatic rings. The molecule has 0 bridgehead atoms. The Bertz CT molecular complexity index is 750. The van der Waals surface area contributed by atoms with E-state index in [1.807, 2.05) is 25.7 Å². The molecule has 1 aromatic rings. The van der Waals surface area contributed by atoms with Crippen LogP contribution in [0, 0.1) is 11.7 Å². The summed E-state index contributed by atoms with van der Waals surface area (Å²) in [5, 5.41) is 2.72. The van der Waals surface area contributed by atoms with Crippen LogP contribution < -0.4 is 5.32 Å². The van der Waals surface area contributed by atoms with Gasteiger partial charge < -0.3 is 5.32 Å². The van der Waals surface area contributed by atoms with Crippen molar-refractivity contribution in [2.45, 2.75) is 31.7 Å². The second-order valence-corrected chi connectivity index (χ2v) is 9.20. The Balaban J connectivity index is 1.93. The largest absolute Gasteiger partial charge is 0.352 e. The maximum Gasteiger partial charge on any atom is 0.243 e. The van der Waals surface area contributed by atoms with Gasteiger partial charge in [-0.25, -0.2) is 12.8 Å². The van der Waals surface area contributed by atoms with Crippen LogP contribution in [-0.4, -0.2) is 62.3 Å². The van der Waals surface area contributed by atoms with Crippen molar-refractivity contribution in [2.75, 3.05) is 32.7 Å². The fraction of sp³-hybridized carbons (Fsp3) is 0.588. The van der Waals surface area contributed by atoms with Crippen LogP contribution in [0.3, 0.4) is 0 Å². The zero-order chi connectivity index (χ0) is 19.5. The summed E-state index contributed by atoms with van der Waals surface area (Å²) in [6.07, 6.45) is 0. The lowest BCUT2D eigenvalue weighted by molar-refractivity contribution is -0.123. The summed E-state index contributed by atoms with van der Waals surface area (Å²) in [6.45, 7) is 7.73. The molecule has 0 aliphatic carbocycles. The number of benzene rings is 1. The molecule has 1 amide bonds. The number of carbonyl (C=O) groups is 1.